The summed E-state index contributed by atoms with van der Waals surface area (Å²) in [5, 5.41) is 0. The van der Waals surface area contributed by atoms with Gasteiger partial charge >= 0.3 is 17.9 Å². The molecule has 1 fully saturated rings. The number of amidine groups is 1. The van der Waals surface area contributed by atoms with E-state index in [4.69, 9.17) is 14.2 Å². The van der Waals surface area contributed by atoms with E-state index in [-0.39, 0.29) is 36.0 Å². The molecule has 10 nitrogen and oxygen atoms in total. The third kappa shape index (κ3) is 3.20. The highest BCUT2D eigenvalue weighted by Gasteiger charge is 2.63. The van der Waals surface area contributed by atoms with Crippen molar-refractivity contribution in [3.05, 3.63) is 53.8 Å². The van der Waals surface area contributed by atoms with Gasteiger partial charge < -0.3 is 19.1 Å². The monoisotopic (exact) mass is 467 g/mol. The van der Waals surface area contributed by atoms with Gasteiger partial charge in [0.15, 0.2) is 5.70 Å². The molecule has 1 saturated heterocycles. The number of hydrogen-bond donors (Lipinski definition) is 0. The average molecular weight is 467 g/mol. The van der Waals surface area contributed by atoms with E-state index in [1.807, 2.05) is 29.2 Å². The van der Waals surface area contributed by atoms with Crippen LogP contribution in [-0.4, -0.2) is 75.0 Å². The lowest BCUT2D eigenvalue weighted by molar-refractivity contribution is -0.145. The van der Waals surface area contributed by atoms with E-state index in [0.29, 0.717) is 13.0 Å². The van der Waals surface area contributed by atoms with Gasteiger partial charge in [-0.15, -0.1) is 6.58 Å². The fraction of sp³-hybridized carbons (Fsp3) is 0.375. The summed E-state index contributed by atoms with van der Waals surface area (Å²) in [7, 11) is 3.63. The number of para-hydroxylation sites is 1. The number of esters is 3. The van der Waals surface area contributed by atoms with Crippen molar-refractivity contribution in [2.75, 3.05) is 39.3 Å². The van der Waals surface area contributed by atoms with Crippen molar-refractivity contribution in [1.82, 2.24) is 4.90 Å². The predicted molar refractivity (Wildman–Crippen MR) is 121 cm³/mol. The number of anilines is 1. The second-order valence-electron chi connectivity index (χ2n) is 8.07. The van der Waals surface area contributed by atoms with Crippen LogP contribution >= 0.6 is 0 Å². The number of likely N-dealkylation sites (tertiary alicyclic amines) is 1. The summed E-state index contributed by atoms with van der Waals surface area (Å²) >= 11 is 0. The lowest BCUT2D eigenvalue weighted by Crippen LogP contribution is -2.63. The molecule has 1 spiro atoms. The number of benzene rings is 1. The Balaban J connectivity index is 2.08. The molecule has 0 aromatic heterocycles. The van der Waals surface area contributed by atoms with Gasteiger partial charge in [-0.05, 0) is 18.1 Å². The number of aliphatic imine (C=N–C) groups is 1. The van der Waals surface area contributed by atoms with Crippen LogP contribution in [0.4, 0.5) is 5.69 Å². The SMILES string of the molecule is C=CCN1c2ccccc2[C@]23CCC(=O)N(CC(=O)OC)C2=NC(C(=O)OC)=C(C(=O)OC)[C@H]13. The van der Waals surface area contributed by atoms with Crippen LogP contribution in [0.5, 0.6) is 0 Å². The molecule has 0 aliphatic carbocycles. The summed E-state index contributed by atoms with van der Waals surface area (Å²) in [6.07, 6.45) is 2.10. The van der Waals surface area contributed by atoms with E-state index in [1.54, 1.807) is 6.08 Å². The Hall–Kier alpha value is -3.95. The summed E-state index contributed by atoms with van der Waals surface area (Å²) < 4.78 is 14.8. The highest BCUT2D eigenvalue weighted by Crippen LogP contribution is 2.55. The lowest BCUT2D eigenvalue weighted by atomic mass is 9.65. The number of rotatable bonds is 6. The van der Waals surface area contributed by atoms with E-state index < -0.39 is 29.4 Å². The molecule has 3 aliphatic heterocycles. The molecule has 10 heteroatoms. The molecule has 178 valence electrons. The fourth-order valence-corrected chi connectivity index (χ4v) is 5.21. The third-order valence-electron chi connectivity index (χ3n) is 6.53. The molecule has 3 aliphatic rings. The summed E-state index contributed by atoms with van der Waals surface area (Å²) in [6, 6.07) is 6.79. The van der Waals surface area contributed by atoms with E-state index in [9.17, 15) is 19.2 Å². The van der Waals surface area contributed by atoms with Crippen molar-refractivity contribution >= 4 is 35.3 Å². The number of methoxy groups -OCH3 is 3. The molecule has 0 unspecified atom stereocenters. The number of hydrogen-bond acceptors (Lipinski definition) is 9. The van der Waals surface area contributed by atoms with Crippen LogP contribution in [0.1, 0.15) is 18.4 Å². The average Bonchev–Trinajstić information content (AvgIpc) is 3.13. The van der Waals surface area contributed by atoms with Gasteiger partial charge in [-0.1, -0.05) is 24.3 Å². The van der Waals surface area contributed by atoms with Crippen LogP contribution < -0.4 is 4.90 Å². The van der Waals surface area contributed by atoms with Crippen molar-refractivity contribution in [2.24, 2.45) is 4.99 Å². The smallest absolute Gasteiger partial charge is 0.357 e. The largest absolute Gasteiger partial charge is 0.468 e. The Morgan fingerprint density at radius 3 is 2.50 bits per heavy atom. The maximum absolute atomic E-state index is 13.1. The van der Waals surface area contributed by atoms with Gasteiger partial charge in [-0.3, -0.25) is 14.5 Å². The highest BCUT2D eigenvalue weighted by atomic mass is 16.5. The van der Waals surface area contributed by atoms with Crippen molar-refractivity contribution in [3.8, 4) is 0 Å². The quantitative estimate of drug-likeness (QED) is 0.347. The number of nitrogens with zero attached hydrogens (tertiary/aromatic N) is 3. The number of ether oxygens (including phenoxy) is 3. The number of piperidine rings is 1. The first kappa shape index (κ1) is 23.2. The maximum atomic E-state index is 13.1. The normalized spacial score (nSPS) is 22.9. The summed E-state index contributed by atoms with van der Waals surface area (Å²) in [6.45, 7) is 3.82. The molecule has 1 aromatic carbocycles. The standard InChI is InChI=1S/C24H25N3O7/c1-5-12-26-15-9-7-6-8-14(15)24-11-10-16(28)27(13-17(29)32-2)23(24)25-19(22(31)34-4)18(20(24)26)21(30)33-3/h5-9,20H,1,10-13H2,2-4H3/t20-,24-/m0/s1. The number of carbonyl (C=O) groups is 4. The van der Waals surface area contributed by atoms with Gasteiger partial charge in [0.25, 0.3) is 0 Å². The predicted octanol–water partition coefficient (Wildman–Crippen LogP) is 1.11. The second kappa shape index (κ2) is 8.77. The number of amides is 1. The summed E-state index contributed by atoms with van der Waals surface area (Å²) in [4.78, 5) is 58.9. The Labute approximate surface area is 196 Å². The topological polar surface area (TPSA) is 115 Å². The van der Waals surface area contributed by atoms with Gasteiger partial charge in [0.2, 0.25) is 5.91 Å². The molecule has 0 radical (unpaired) electrons. The summed E-state index contributed by atoms with van der Waals surface area (Å²) in [5.74, 6) is -2.36. The van der Waals surface area contributed by atoms with Crippen molar-refractivity contribution in [2.45, 2.75) is 24.3 Å². The van der Waals surface area contributed by atoms with Crippen molar-refractivity contribution < 1.29 is 33.4 Å². The van der Waals surface area contributed by atoms with Crippen LogP contribution in [0, 0.1) is 0 Å². The maximum Gasteiger partial charge on any atom is 0.357 e. The van der Waals surface area contributed by atoms with Crippen molar-refractivity contribution in [3.63, 3.8) is 0 Å². The van der Waals surface area contributed by atoms with Crippen LogP contribution in [-0.2, 0) is 38.8 Å². The molecule has 3 heterocycles. The van der Waals surface area contributed by atoms with Crippen LogP contribution in [0.25, 0.3) is 0 Å². The van der Waals surface area contributed by atoms with E-state index in [0.717, 1.165) is 11.3 Å². The Bertz CT molecular complexity index is 1150. The Morgan fingerprint density at radius 2 is 1.85 bits per heavy atom. The molecule has 0 N–H and O–H groups in total. The first-order valence-electron chi connectivity index (χ1n) is 10.7. The molecule has 34 heavy (non-hydrogen) atoms. The van der Waals surface area contributed by atoms with Gasteiger partial charge in [0.1, 0.15) is 12.4 Å². The molecule has 0 bridgehead atoms. The molecule has 0 saturated carbocycles. The van der Waals surface area contributed by atoms with Crippen LogP contribution in [0.15, 0.2) is 53.2 Å². The van der Waals surface area contributed by atoms with E-state index in [2.05, 4.69) is 11.6 Å². The second-order valence-corrected chi connectivity index (χ2v) is 8.07. The van der Waals surface area contributed by atoms with Gasteiger partial charge in [0, 0.05) is 18.7 Å². The van der Waals surface area contributed by atoms with Crippen molar-refractivity contribution in [1.29, 1.82) is 0 Å². The fourth-order valence-electron chi connectivity index (χ4n) is 5.21. The molecule has 1 amide bonds. The number of carbonyl (C=O) groups excluding carboxylic acids is 4. The minimum absolute atomic E-state index is 0.0310. The lowest BCUT2D eigenvalue weighted by Gasteiger charge is -2.48. The van der Waals surface area contributed by atoms with Gasteiger partial charge in [0.05, 0.1) is 38.4 Å². The Kier molecular flexibility index (Phi) is 5.99. The van der Waals surface area contributed by atoms with Gasteiger partial charge in [-0.2, -0.15) is 0 Å². The van der Waals surface area contributed by atoms with Gasteiger partial charge in [-0.25, -0.2) is 14.6 Å². The van der Waals surface area contributed by atoms with E-state index in [1.165, 1.54) is 26.2 Å². The molecule has 2 atom stereocenters. The zero-order valence-electron chi connectivity index (χ0n) is 19.2. The number of fused-ring (bicyclic) bond motifs is 1. The summed E-state index contributed by atoms with van der Waals surface area (Å²) in [5.41, 5.74) is 0.399. The molecule has 4 rings (SSSR count). The minimum atomic E-state index is -0.997. The highest BCUT2D eigenvalue weighted by molar-refractivity contribution is 6.16. The zero-order chi connectivity index (χ0) is 24.6. The van der Waals surface area contributed by atoms with Crippen LogP contribution in [0.3, 0.4) is 0 Å². The third-order valence-corrected chi connectivity index (χ3v) is 6.53. The Morgan fingerprint density at radius 1 is 1.15 bits per heavy atom. The van der Waals surface area contributed by atoms with Crippen LogP contribution in [0.2, 0.25) is 0 Å². The molecular formula is C24H25N3O7. The first-order valence-corrected chi connectivity index (χ1v) is 10.7. The first-order chi connectivity index (χ1) is 16.3. The molecule has 1 aromatic rings. The molecular weight excluding hydrogens is 442 g/mol. The zero-order valence-corrected chi connectivity index (χ0v) is 19.2. The van der Waals surface area contributed by atoms with E-state index >= 15 is 0 Å². The minimum Gasteiger partial charge on any atom is -0.468 e.